The van der Waals surface area contributed by atoms with Gasteiger partial charge in [-0.05, 0) is 65.3 Å². The number of hydrogen-bond donors (Lipinski definition) is 1. The maximum atomic E-state index is 11.8. The average Bonchev–Trinajstić information content (AvgIpc) is 3.30. The van der Waals surface area contributed by atoms with Crippen molar-refractivity contribution in [3.8, 4) is 11.1 Å². The molecule has 3 aromatic carbocycles. The van der Waals surface area contributed by atoms with E-state index in [2.05, 4.69) is 96.5 Å². The Bertz CT molecular complexity index is 1610. The topological polar surface area (TPSA) is 69.0 Å². The molecule has 5 rings (SSSR count). The zero-order valence-corrected chi connectivity index (χ0v) is 23.0. The highest BCUT2D eigenvalue weighted by atomic mass is 16.5. The van der Waals surface area contributed by atoms with Gasteiger partial charge in [-0.15, -0.1) is 0 Å². The summed E-state index contributed by atoms with van der Waals surface area (Å²) in [6, 6.07) is 27.7. The van der Waals surface area contributed by atoms with Gasteiger partial charge in [0.2, 0.25) is 0 Å². The van der Waals surface area contributed by atoms with Crippen molar-refractivity contribution >= 4 is 17.3 Å². The number of aromatic nitrogens is 3. The lowest BCUT2D eigenvalue weighted by Gasteiger charge is -2.14. The normalized spacial score (nSPS) is 11.1. The summed E-state index contributed by atoms with van der Waals surface area (Å²) in [5.74, 6) is 1.04. The minimum absolute atomic E-state index is 0.390. The molecule has 6 heteroatoms. The van der Waals surface area contributed by atoms with Gasteiger partial charge in [-0.25, -0.2) is 14.8 Å². The summed E-state index contributed by atoms with van der Waals surface area (Å²) < 4.78 is 7.02. The number of methoxy groups -OCH3 is 1. The molecule has 0 bridgehead atoms. The van der Waals surface area contributed by atoms with Gasteiger partial charge in [-0.2, -0.15) is 0 Å². The minimum atomic E-state index is -0.442. The molecule has 0 aliphatic carbocycles. The molecule has 0 aliphatic rings. The first-order chi connectivity index (χ1) is 18.9. The highest BCUT2D eigenvalue weighted by Crippen LogP contribution is 2.28. The van der Waals surface area contributed by atoms with E-state index in [1.165, 1.54) is 23.8 Å². The average molecular weight is 519 g/mol. The summed E-state index contributed by atoms with van der Waals surface area (Å²) in [4.78, 5) is 21.5. The molecule has 0 radical (unpaired) electrons. The number of benzene rings is 3. The summed E-state index contributed by atoms with van der Waals surface area (Å²) >= 11 is 0. The molecule has 0 saturated heterocycles. The molecule has 0 atom stereocenters. The first-order valence-corrected chi connectivity index (χ1v) is 13.4. The van der Waals surface area contributed by atoms with Crippen LogP contribution in [0.5, 0.6) is 0 Å². The Hall–Kier alpha value is -4.45. The number of nitrogens with one attached hydrogen (secondary N) is 1. The van der Waals surface area contributed by atoms with Gasteiger partial charge in [0, 0.05) is 18.7 Å². The molecule has 0 spiro atoms. The second-order valence-corrected chi connectivity index (χ2v) is 9.92. The number of carbonyl (C=O) groups is 1. The number of hydrogen-bond acceptors (Lipinski definition) is 4. The van der Waals surface area contributed by atoms with E-state index in [4.69, 9.17) is 14.7 Å². The zero-order valence-electron chi connectivity index (χ0n) is 23.0. The lowest BCUT2D eigenvalue weighted by Crippen LogP contribution is -2.22. The molecule has 5 aromatic rings. The molecule has 2 aromatic heterocycles. The molecule has 2 heterocycles. The van der Waals surface area contributed by atoms with E-state index in [1.807, 2.05) is 13.0 Å². The maximum absolute atomic E-state index is 11.8. The second kappa shape index (κ2) is 11.5. The van der Waals surface area contributed by atoms with Crippen molar-refractivity contribution < 1.29 is 9.53 Å². The van der Waals surface area contributed by atoms with Crippen LogP contribution in [0.4, 0.5) is 4.79 Å². The van der Waals surface area contributed by atoms with Crippen LogP contribution in [-0.4, -0.2) is 27.7 Å². The molecule has 0 unspecified atom stereocenters. The predicted molar refractivity (Wildman–Crippen MR) is 156 cm³/mol. The summed E-state index contributed by atoms with van der Waals surface area (Å²) in [7, 11) is 1.38. The van der Waals surface area contributed by atoms with Crippen LogP contribution < -0.4 is 5.32 Å². The van der Waals surface area contributed by atoms with E-state index >= 15 is 0 Å². The van der Waals surface area contributed by atoms with Gasteiger partial charge in [-0.3, -0.25) is 0 Å². The fraction of sp³-hybridized carbons (Fsp3) is 0.242. The number of nitrogens with zero attached hydrogens (tertiary/aromatic N) is 3. The molecular weight excluding hydrogens is 484 g/mol. The highest BCUT2D eigenvalue weighted by Gasteiger charge is 2.14. The van der Waals surface area contributed by atoms with Crippen LogP contribution in [-0.2, 0) is 30.7 Å². The Labute approximate surface area is 229 Å². The van der Waals surface area contributed by atoms with Gasteiger partial charge in [0.25, 0.3) is 0 Å². The van der Waals surface area contributed by atoms with Crippen LogP contribution in [0.2, 0.25) is 0 Å². The third kappa shape index (κ3) is 5.85. The van der Waals surface area contributed by atoms with Crippen molar-refractivity contribution in [3.63, 3.8) is 0 Å². The summed E-state index contributed by atoms with van der Waals surface area (Å²) in [5, 5.41) is 2.83. The summed E-state index contributed by atoms with van der Waals surface area (Å²) in [5.41, 5.74) is 11.0. The molecule has 0 fully saturated rings. The molecule has 0 saturated carbocycles. The lowest BCUT2D eigenvalue weighted by atomic mass is 9.94. The standard InChI is InChI=1S/C33H34N4O2/c1-5-30-36-31-22(2)17-23(3)35-32(31)37(30)21-25-11-14-27(15-12-25)29-19-26(18-24-9-7-6-8-10-24)13-16-28(29)20-34-33(38)39-4/h6-17,19H,5,18,20-21H2,1-4H3,(H,34,38). The van der Waals surface area contributed by atoms with Crippen molar-refractivity contribution in [1.29, 1.82) is 0 Å². The molecule has 0 aliphatic heterocycles. The smallest absolute Gasteiger partial charge is 0.407 e. The van der Waals surface area contributed by atoms with Crippen molar-refractivity contribution in [2.24, 2.45) is 0 Å². The maximum Gasteiger partial charge on any atom is 0.407 e. The Kier molecular flexibility index (Phi) is 7.73. The zero-order chi connectivity index (χ0) is 27.4. The third-order valence-electron chi connectivity index (χ3n) is 7.06. The molecule has 39 heavy (non-hydrogen) atoms. The quantitative estimate of drug-likeness (QED) is 0.246. The predicted octanol–water partition coefficient (Wildman–Crippen LogP) is 6.77. The van der Waals surface area contributed by atoms with E-state index in [-0.39, 0.29) is 0 Å². The number of alkyl carbamates (subject to hydrolysis) is 1. The van der Waals surface area contributed by atoms with Gasteiger partial charge in [0.15, 0.2) is 5.65 Å². The van der Waals surface area contributed by atoms with E-state index in [0.717, 1.165) is 57.8 Å². The van der Waals surface area contributed by atoms with Gasteiger partial charge >= 0.3 is 6.09 Å². The van der Waals surface area contributed by atoms with Gasteiger partial charge in [-0.1, -0.05) is 79.7 Å². The Morgan fingerprint density at radius 2 is 1.64 bits per heavy atom. The molecule has 6 nitrogen and oxygen atoms in total. The molecular formula is C33H34N4O2. The van der Waals surface area contributed by atoms with Crippen molar-refractivity contribution in [2.45, 2.75) is 46.7 Å². The SMILES string of the molecule is CCc1nc2c(C)cc(C)nc2n1Cc1ccc(-c2cc(Cc3ccccc3)ccc2CNC(=O)OC)cc1. The number of carbonyl (C=O) groups excluding carboxylic acids is 1. The Morgan fingerprint density at radius 1 is 0.897 bits per heavy atom. The number of rotatable bonds is 8. The van der Waals surface area contributed by atoms with E-state index in [1.54, 1.807) is 0 Å². The third-order valence-corrected chi connectivity index (χ3v) is 7.06. The number of amides is 1. The van der Waals surface area contributed by atoms with Crippen molar-refractivity contribution in [1.82, 2.24) is 19.9 Å². The van der Waals surface area contributed by atoms with Crippen LogP contribution in [0.3, 0.4) is 0 Å². The molecule has 1 amide bonds. The summed E-state index contributed by atoms with van der Waals surface area (Å²) in [6.07, 6.45) is 1.25. The second-order valence-electron chi connectivity index (χ2n) is 9.92. The lowest BCUT2D eigenvalue weighted by molar-refractivity contribution is 0.170. The Morgan fingerprint density at radius 3 is 2.36 bits per heavy atom. The summed E-state index contributed by atoms with van der Waals surface area (Å²) in [6.45, 7) is 7.36. The van der Waals surface area contributed by atoms with Gasteiger partial charge in [0.05, 0.1) is 13.7 Å². The first-order valence-electron chi connectivity index (χ1n) is 13.4. The van der Waals surface area contributed by atoms with E-state index in [9.17, 15) is 4.79 Å². The van der Waals surface area contributed by atoms with E-state index < -0.39 is 6.09 Å². The van der Waals surface area contributed by atoms with Crippen LogP contribution in [0.15, 0.2) is 78.9 Å². The van der Waals surface area contributed by atoms with E-state index in [0.29, 0.717) is 13.1 Å². The number of imidazole rings is 1. The van der Waals surface area contributed by atoms with Gasteiger partial charge in [0.1, 0.15) is 11.3 Å². The number of fused-ring (bicyclic) bond motifs is 1. The first kappa shape index (κ1) is 26.2. The number of ether oxygens (including phenoxy) is 1. The number of pyridine rings is 1. The number of aryl methyl sites for hydroxylation is 3. The van der Waals surface area contributed by atoms with Crippen molar-refractivity contribution in [3.05, 3.63) is 118 Å². The highest BCUT2D eigenvalue weighted by molar-refractivity contribution is 5.76. The largest absolute Gasteiger partial charge is 0.453 e. The Balaban J connectivity index is 1.46. The van der Waals surface area contributed by atoms with Gasteiger partial charge < -0.3 is 14.6 Å². The van der Waals surface area contributed by atoms with Crippen LogP contribution >= 0.6 is 0 Å². The molecule has 1 N–H and O–H groups in total. The monoisotopic (exact) mass is 518 g/mol. The van der Waals surface area contributed by atoms with Crippen LogP contribution in [0.1, 0.15) is 46.3 Å². The van der Waals surface area contributed by atoms with Crippen LogP contribution in [0.25, 0.3) is 22.3 Å². The molecule has 198 valence electrons. The fourth-order valence-corrected chi connectivity index (χ4v) is 5.08. The fourth-order valence-electron chi connectivity index (χ4n) is 5.08. The van der Waals surface area contributed by atoms with Crippen LogP contribution in [0, 0.1) is 13.8 Å². The van der Waals surface area contributed by atoms with Crippen molar-refractivity contribution in [2.75, 3.05) is 7.11 Å². The minimum Gasteiger partial charge on any atom is -0.453 e.